The number of nitrogens with zero attached hydrogens (tertiary/aromatic N) is 5. The van der Waals surface area contributed by atoms with Crippen molar-refractivity contribution < 1.29 is 9.53 Å². The average Bonchev–Trinajstić information content (AvgIpc) is 3.42. The third-order valence-corrected chi connectivity index (χ3v) is 5.60. The van der Waals surface area contributed by atoms with Crippen LogP contribution in [0.1, 0.15) is 59.2 Å². The number of imidazole rings is 1. The van der Waals surface area contributed by atoms with Crippen molar-refractivity contribution in [2.75, 3.05) is 7.11 Å². The molecule has 0 bridgehead atoms. The van der Waals surface area contributed by atoms with E-state index in [1.54, 1.807) is 18.0 Å². The molecular formula is C25H28N6O2. The first kappa shape index (κ1) is 22.3. The van der Waals surface area contributed by atoms with Crippen molar-refractivity contribution in [1.29, 1.82) is 0 Å². The van der Waals surface area contributed by atoms with Crippen molar-refractivity contribution in [3.8, 4) is 11.4 Å². The molecule has 33 heavy (non-hydrogen) atoms. The van der Waals surface area contributed by atoms with Gasteiger partial charge in [0.15, 0.2) is 0 Å². The summed E-state index contributed by atoms with van der Waals surface area (Å²) in [6.45, 7) is 6.11. The summed E-state index contributed by atoms with van der Waals surface area (Å²) in [5.41, 5.74) is 2.94. The Hall–Kier alpha value is -3.94. The lowest BCUT2D eigenvalue weighted by molar-refractivity contribution is 0.0930. The van der Waals surface area contributed by atoms with Gasteiger partial charge in [0.2, 0.25) is 5.82 Å². The molecule has 2 aromatic carbocycles. The van der Waals surface area contributed by atoms with Crippen molar-refractivity contribution in [3.63, 3.8) is 0 Å². The summed E-state index contributed by atoms with van der Waals surface area (Å²) in [6, 6.07) is 15.1. The summed E-state index contributed by atoms with van der Waals surface area (Å²) in [6.07, 6.45) is 3.55. The second-order valence-corrected chi connectivity index (χ2v) is 8.18. The first-order chi connectivity index (χ1) is 15.9. The number of nitrogens with one attached hydrogen (secondary N) is 1. The molecule has 2 aromatic heterocycles. The Morgan fingerprint density at radius 3 is 2.45 bits per heavy atom. The second kappa shape index (κ2) is 9.28. The number of para-hydroxylation sites is 1. The summed E-state index contributed by atoms with van der Waals surface area (Å²) in [4.78, 5) is 22.2. The first-order valence-electron chi connectivity index (χ1n) is 10.8. The van der Waals surface area contributed by atoms with Gasteiger partial charge in [-0.2, -0.15) is 0 Å². The van der Waals surface area contributed by atoms with Crippen molar-refractivity contribution in [2.24, 2.45) is 7.05 Å². The van der Waals surface area contributed by atoms with Crippen LogP contribution < -0.4 is 10.1 Å². The zero-order valence-electron chi connectivity index (χ0n) is 19.5. The number of carbonyl (C=O) groups is 1. The number of amides is 1. The van der Waals surface area contributed by atoms with Crippen LogP contribution in [0.25, 0.3) is 5.69 Å². The van der Waals surface area contributed by atoms with E-state index in [1.807, 2.05) is 67.2 Å². The van der Waals surface area contributed by atoms with Crippen LogP contribution >= 0.6 is 0 Å². The Morgan fingerprint density at radius 1 is 1.09 bits per heavy atom. The van der Waals surface area contributed by atoms with Gasteiger partial charge in [0.25, 0.3) is 5.91 Å². The molecule has 0 spiro atoms. The number of rotatable bonds is 7. The van der Waals surface area contributed by atoms with Gasteiger partial charge in [0, 0.05) is 19.4 Å². The third-order valence-electron chi connectivity index (χ3n) is 5.60. The normalized spacial score (nSPS) is 12.1. The molecule has 4 aromatic rings. The minimum absolute atomic E-state index is 0.110. The summed E-state index contributed by atoms with van der Waals surface area (Å²) in [5.74, 6) is 2.14. The molecule has 0 aliphatic carbocycles. The maximum absolute atomic E-state index is 13.3. The van der Waals surface area contributed by atoms with Crippen LogP contribution in [0.4, 0.5) is 0 Å². The fourth-order valence-electron chi connectivity index (χ4n) is 3.83. The predicted octanol–water partition coefficient (Wildman–Crippen LogP) is 3.96. The minimum atomic E-state index is -0.474. The molecule has 1 unspecified atom stereocenters. The number of hydrogen-bond donors (Lipinski definition) is 1. The van der Waals surface area contributed by atoms with E-state index in [4.69, 9.17) is 4.74 Å². The number of ether oxygens (including phenoxy) is 1. The van der Waals surface area contributed by atoms with Crippen molar-refractivity contribution in [1.82, 2.24) is 29.6 Å². The van der Waals surface area contributed by atoms with Crippen LogP contribution in [0.3, 0.4) is 0 Å². The van der Waals surface area contributed by atoms with E-state index in [0.717, 1.165) is 22.6 Å². The van der Waals surface area contributed by atoms with Crippen LogP contribution in [0.15, 0.2) is 60.9 Å². The smallest absolute Gasteiger partial charge is 0.291 e. The van der Waals surface area contributed by atoms with Gasteiger partial charge in [-0.1, -0.05) is 44.2 Å². The summed E-state index contributed by atoms with van der Waals surface area (Å²) < 4.78 is 8.88. The van der Waals surface area contributed by atoms with Gasteiger partial charge in [-0.05, 0) is 42.2 Å². The molecule has 1 N–H and O–H groups in total. The van der Waals surface area contributed by atoms with Crippen molar-refractivity contribution in [3.05, 3.63) is 89.5 Å². The molecule has 0 saturated heterocycles. The number of methoxy groups -OCH3 is 1. The quantitative estimate of drug-likeness (QED) is 0.466. The van der Waals surface area contributed by atoms with E-state index in [2.05, 4.69) is 40.3 Å². The van der Waals surface area contributed by atoms with Crippen LogP contribution in [0.2, 0.25) is 0 Å². The summed E-state index contributed by atoms with van der Waals surface area (Å²) >= 11 is 0. The van der Waals surface area contributed by atoms with Gasteiger partial charge in [-0.3, -0.25) is 4.79 Å². The molecule has 8 heteroatoms. The molecule has 4 rings (SSSR count). The largest absolute Gasteiger partial charge is 0.497 e. The number of hydrogen-bond acceptors (Lipinski definition) is 5. The second-order valence-electron chi connectivity index (χ2n) is 8.18. The average molecular weight is 445 g/mol. The van der Waals surface area contributed by atoms with Crippen LogP contribution in [0.5, 0.6) is 5.75 Å². The lowest BCUT2D eigenvalue weighted by atomic mass is 10.0. The van der Waals surface area contributed by atoms with E-state index >= 15 is 0 Å². The van der Waals surface area contributed by atoms with Crippen LogP contribution in [-0.2, 0) is 7.05 Å². The van der Waals surface area contributed by atoms with Gasteiger partial charge in [0.1, 0.15) is 23.4 Å². The highest BCUT2D eigenvalue weighted by atomic mass is 16.5. The highest BCUT2D eigenvalue weighted by Crippen LogP contribution is 2.25. The maximum atomic E-state index is 13.3. The van der Waals surface area contributed by atoms with Gasteiger partial charge in [0.05, 0.1) is 12.8 Å². The van der Waals surface area contributed by atoms with E-state index in [1.165, 1.54) is 0 Å². The number of aryl methyl sites for hydroxylation is 2. The topological polar surface area (TPSA) is 86.9 Å². The molecule has 0 aliphatic rings. The first-order valence-corrected chi connectivity index (χ1v) is 10.8. The number of aromatic nitrogens is 5. The molecule has 0 fully saturated rings. The summed E-state index contributed by atoms with van der Waals surface area (Å²) in [5, 5.41) is 7.61. The van der Waals surface area contributed by atoms with Gasteiger partial charge < -0.3 is 14.6 Å². The Bertz CT molecular complexity index is 1260. The highest BCUT2D eigenvalue weighted by molar-refractivity contribution is 5.91. The van der Waals surface area contributed by atoms with Gasteiger partial charge in [-0.15, -0.1) is 5.10 Å². The summed E-state index contributed by atoms with van der Waals surface area (Å²) in [7, 11) is 3.51. The van der Waals surface area contributed by atoms with E-state index in [0.29, 0.717) is 17.6 Å². The Balaban J connectivity index is 1.67. The fraction of sp³-hybridized carbons (Fsp3) is 0.280. The van der Waals surface area contributed by atoms with Crippen molar-refractivity contribution in [2.45, 2.75) is 32.7 Å². The number of carbonyl (C=O) groups excluding carboxylic acids is 1. The Labute approximate surface area is 193 Å². The molecule has 170 valence electrons. The van der Waals surface area contributed by atoms with Crippen molar-refractivity contribution >= 4 is 5.91 Å². The zero-order chi connectivity index (χ0) is 23.5. The molecule has 0 saturated carbocycles. The minimum Gasteiger partial charge on any atom is -0.497 e. The van der Waals surface area contributed by atoms with Crippen LogP contribution in [0, 0.1) is 6.92 Å². The molecule has 2 heterocycles. The molecule has 0 aliphatic heterocycles. The molecule has 1 atom stereocenters. The lowest BCUT2D eigenvalue weighted by Crippen LogP contribution is -2.32. The Morgan fingerprint density at radius 2 is 1.82 bits per heavy atom. The SMILES string of the molecule is COc1ccc(C(NC(=O)c2nc(C)n(-c3ccccc3C(C)C)n2)c2nccn2C)cc1. The highest BCUT2D eigenvalue weighted by Gasteiger charge is 2.24. The molecular weight excluding hydrogens is 416 g/mol. The Kier molecular flexibility index (Phi) is 6.26. The van der Waals surface area contributed by atoms with Gasteiger partial charge >= 0.3 is 0 Å². The monoisotopic (exact) mass is 444 g/mol. The molecule has 0 radical (unpaired) electrons. The standard InChI is InChI=1S/C25H28N6O2/c1-16(2)20-8-6-7-9-21(20)31-17(3)27-23(29-31)25(32)28-22(24-26-14-15-30(24)4)18-10-12-19(33-5)13-11-18/h6-16,22H,1-5H3,(H,28,32). The maximum Gasteiger partial charge on any atom is 0.291 e. The van der Waals surface area contributed by atoms with E-state index in [9.17, 15) is 4.79 Å². The third kappa shape index (κ3) is 4.50. The number of benzene rings is 2. The molecule has 1 amide bonds. The predicted molar refractivity (Wildman–Crippen MR) is 126 cm³/mol. The van der Waals surface area contributed by atoms with Gasteiger partial charge in [-0.25, -0.2) is 14.6 Å². The van der Waals surface area contributed by atoms with Crippen LogP contribution in [-0.4, -0.2) is 37.3 Å². The van der Waals surface area contributed by atoms with E-state index in [-0.39, 0.29) is 11.7 Å². The lowest BCUT2D eigenvalue weighted by Gasteiger charge is -2.18. The fourth-order valence-corrected chi connectivity index (χ4v) is 3.83. The van der Waals surface area contributed by atoms with E-state index < -0.39 is 6.04 Å². The molecule has 8 nitrogen and oxygen atoms in total. The zero-order valence-corrected chi connectivity index (χ0v) is 19.5.